The topological polar surface area (TPSA) is 80.0 Å². The number of nitrogens with one attached hydrogen (secondary N) is 1. The van der Waals surface area contributed by atoms with E-state index >= 15 is 0 Å². The fraction of sp³-hybridized carbons (Fsp3) is 0.167. The van der Waals surface area contributed by atoms with Crippen molar-refractivity contribution in [2.75, 3.05) is 5.32 Å². The molecule has 3 rings (SSSR count). The zero-order valence-corrected chi connectivity index (χ0v) is 13.5. The Balaban J connectivity index is 1.86. The molecule has 1 heterocycles. The summed E-state index contributed by atoms with van der Waals surface area (Å²) >= 11 is 0. The lowest BCUT2D eigenvalue weighted by atomic mass is 10.0. The molecule has 0 atom stereocenters. The molecule has 1 amide bonds. The monoisotopic (exact) mass is 322 g/mol. The quantitative estimate of drug-likeness (QED) is 0.722. The van der Waals surface area contributed by atoms with E-state index in [4.69, 9.17) is 0 Å². The Morgan fingerprint density at radius 3 is 2.58 bits per heavy atom. The number of hydrogen-bond acceptors (Lipinski definition) is 4. The van der Waals surface area contributed by atoms with Gasteiger partial charge in [-0.25, -0.2) is 0 Å². The fourth-order valence-electron chi connectivity index (χ4n) is 2.35. The van der Waals surface area contributed by atoms with Crippen LogP contribution in [0, 0.1) is 0 Å². The Morgan fingerprint density at radius 2 is 1.88 bits per heavy atom. The number of amides is 1. The van der Waals surface area contributed by atoms with Gasteiger partial charge in [0.2, 0.25) is 0 Å². The van der Waals surface area contributed by atoms with E-state index in [9.17, 15) is 9.90 Å². The van der Waals surface area contributed by atoms with Gasteiger partial charge in [-0.3, -0.25) is 9.36 Å². The van der Waals surface area contributed by atoms with Crippen molar-refractivity contribution in [1.29, 1.82) is 0 Å². The van der Waals surface area contributed by atoms with E-state index < -0.39 is 0 Å². The molecule has 2 N–H and O–H groups in total. The van der Waals surface area contributed by atoms with E-state index in [1.54, 1.807) is 47.6 Å². The molecule has 0 saturated heterocycles. The van der Waals surface area contributed by atoms with Gasteiger partial charge in [0.25, 0.3) is 5.91 Å². The van der Waals surface area contributed by atoms with Crippen LogP contribution >= 0.6 is 0 Å². The fourth-order valence-corrected chi connectivity index (χ4v) is 2.35. The number of aromatic hydroxyl groups is 1. The molecule has 0 aliphatic heterocycles. The maximum atomic E-state index is 12.5. The summed E-state index contributed by atoms with van der Waals surface area (Å²) in [5.74, 6) is 0.0576. The lowest BCUT2D eigenvalue weighted by Gasteiger charge is -2.12. The van der Waals surface area contributed by atoms with Gasteiger partial charge < -0.3 is 10.4 Å². The average molecular weight is 322 g/mol. The van der Waals surface area contributed by atoms with E-state index in [1.165, 1.54) is 0 Å². The van der Waals surface area contributed by atoms with Crippen molar-refractivity contribution < 1.29 is 9.90 Å². The maximum absolute atomic E-state index is 12.5. The van der Waals surface area contributed by atoms with Gasteiger partial charge in [-0.1, -0.05) is 26.0 Å². The molecule has 0 aliphatic rings. The molecule has 2 aromatic carbocycles. The second kappa shape index (κ2) is 6.54. The summed E-state index contributed by atoms with van der Waals surface area (Å²) < 4.78 is 1.72. The molecule has 0 spiro atoms. The second-order valence-corrected chi connectivity index (χ2v) is 5.80. The molecule has 122 valence electrons. The summed E-state index contributed by atoms with van der Waals surface area (Å²) in [7, 11) is 0. The first-order chi connectivity index (χ1) is 11.5. The van der Waals surface area contributed by atoms with Crippen LogP contribution in [0.3, 0.4) is 0 Å². The standard InChI is InChI=1S/C18H18N4O2/c1-12(2)13-6-7-17(23)16(9-13)21-18(24)14-4-3-5-15(8-14)22-10-19-20-11-22/h3-12,23H,1-2H3,(H,21,24). The highest BCUT2D eigenvalue weighted by Gasteiger charge is 2.11. The summed E-state index contributed by atoms with van der Waals surface area (Å²) in [4.78, 5) is 12.5. The first-order valence-electron chi connectivity index (χ1n) is 7.64. The number of carbonyl (C=O) groups is 1. The van der Waals surface area contributed by atoms with E-state index in [-0.39, 0.29) is 11.7 Å². The highest BCUT2D eigenvalue weighted by Crippen LogP contribution is 2.28. The van der Waals surface area contributed by atoms with Crippen LogP contribution < -0.4 is 5.32 Å². The van der Waals surface area contributed by atoms with Crippen molar-refractivity contribution in [3.63, 3.8) is 0 Å². The number of phenolic OH excluding ortho intramolecular Hbond substituents is 1. The number of anilines is 1. The van der Waals surface area contributed by atoms with Crippen molar-refractivity contribution in [2.45, 2.75) is 19.8 Å². The molecule has 0 saturated carbocycles. The van der Waals surface area contributed by atoms with E-state index in [2.05, 4.69) is 29.4 Å². The SMILES string of the molecule is CC(C)c1ccc(O)c(NC(=O)c2cccc(-n3cnnc3)c2)c1. The van der Waals surface area contributed by atoms with Crippen LogP contribution in [0.15, 0.2) is 55.1 Å². The number of phenols is 1. The Bertz CT molecular complexity index is 857. The van der Waals surface area contributed by atoms with Crippen molar-refractivity contribution >= 4 is 11.6 Å². The van der Waals surface area contributed by atoms with Gasteiger partial charge in [0.05, 0.1) is 5.69 Å². The minimum absolute atomic E-state index is 0.0442. The molecule has 0 bridgehead atoms. The van der Waals surface area contributed by atoms with Crippen LogP contribution in [0.5, 0.6) is 5.75 Å². The molecule has 6 heteroatoms. The number of aromatic nitrogens is 3. The third-order valence-corrected chi connectivity index (χ3v) is 3.76. The van der Waals surface area contributed by atoms with Gasteiger partial charge in [-0.05, 0) is 41.8 Å². The maximum Gasteiger partial charge on any atom is 0.255 e. The largest absolute Gasteiger partial charge is 0.506 e. The first kappa shape index (κ1) is 15.7. The van der Waals surface area contributed by atoms with Gasteiger partial charge >= 0.3 is 0 Å². The highest BCUT2D eigenvalue weighted by molar-refractivity contribution is 6.05. The van der Waals surface area contributed by atoms with Crippen molar-refractivity contribution in [3.05, 3.63) is 66.2 Å². The van der Waals surface area contributed by atoms with Crippen LogP contribution in [0.2, 0.25) is 0 Å². The third kappa shape index (κ3) is 3.27. The molecule has 6 nitrogen and oxygen atoms in total. The number of hydrogen-bond donors (Lipinski definition) is 2. The normalized spacial score (nSPS) is 10.8. The van der Waals surface area contributed by atoms with Crippen LogP contribution in [-0.2, 0) is 0 Å². The van der Waals surface area contributed by atoms with Crippen molar-refractivity contribution in [1.82, 2.24) is 14.8 Å². The zero-order valence-electron chi connectivity index (χ0n) is 13.5. The van der Waals surface area contributed by atoms with Crippen LogP contribution in [-0.4, -0.2) is 25.8 Å². The Labute approximate surface area is 139 Å². The van der Waals surface area contributed by atoms with E-state index in [0.29, 0.717) is 17.2 Å². The van der Waals surface area contributed by atoms with Crippen LogP contribution in [0.4, 0.5) is 5.69 Å². The molecule has 1 aromatic heterocycles. The Kier molecular flexibility index (Phi) is 4.29. The zero-order chi connectivity index (χ0) is 17.1. The molecule has 24 heavy (non-hydrogen) atoms. The summed E-state index contributed by atoms with van der Waals surface area (Å²) in [6.07, 6.45) is 3.13. The second-order valence-electron chi connectivity index (χ2n) is 5.80. The van der Waals surface area contributed by atoms with Crippen LogP contribution in [0.25, 0.3) is 5.69 Å². The third-order valence-electron chi connectivity index (χ3n) is 3.76. The molecule has 0 aliphatic carbocycles. The van der Waals surface area contributed by atoms with E-state index in [0.717, 1.165) is 11.3 Å². The smallest absolute Gasteiger partial charge is 0.255 e. The predicted octanol–water partition coefficient (Wildman–Crippen LogP) is 3.35. The molecular formula is C18H18N4O2. The van der Waals surface area contributed by atoms with Gasteiger partial charge in [0.15, 0.2) is 0 Å². The number of carbonyl (C=O) groups excluding carboxylic acids is 1. The summed E-state index contributed by atoms with van der Waals surface area (Å²) in [6, 6.07) is 12.3. The van der Waals surface area contributed by atoms with Crippen molar-refractivity contribution in [3.8, 4) is 11.4 Å². The number of nitrogens with zero attached hydrogens (tertiary/aromatic N) is 3. The molecule has 0 fully saturated rings. The minimum atomic E-state index is -0.291. The van der Waals surface area contributed by atoms with E-state index in [1.807, 2.05) is 12.1 Å². The minimum Gasteiger partial charge on any atom is -0.506 e. The summed E-state index contributed by atoms with van der Waals surface area (Å²) in [5.41, 5.74) is 2.71. The first-order valence-corrected chi connectivity index (χ1v) is 7.64. The predicted molar refractivity (Wildman–Crippen MR) is 91.5 cm³/mol. The molecular weight excluding hydrogens is 304 g/mol. The molecule has 0 radical (unpaired) electrons. The highest BCUT2D eigenvalue weighted by atomic mass is 16.3. The van der Waals surface area contributed by atoms with Crippen LogP contribution in [0.1, 0.15) is 35.7 Å². The van der Waals surface area contributed by atoms with Gasteiger partial charge in [-0.15, -0.1) is 10.2 Å². The lowest BCUT2D eigenvalue weighted by Crippen LogP contribution is -2.12. The summed E-state index contributed by atoms with van der Waals surface area (Å²) in [6.45, 7) is 4.11. The number of benzene rings is 2. The van der Waals surface area contributed by atoms with Crippen molar-refractivity contribution in [2.24, 2.45) is 0 Å². The average Bonchev–Trinajstić information content (AvgIpc) is 3.11. The van der Waals surface area contributed by atoms with Gasteiger partial charge in [0, 0.05) is 11.3 Å². The Hall–Kier alpha value is -3.15. The van der Waals surface area contributed by atoms with Gasteiger partial charge in [-0.2, -0.15) is 0 Å². The molecule has 0 unspecified atom stereocenters. The Morgan fingerprint density at radius 1 is 1.12 bits per heavy atom. The summed E-state index contributed by atoms with van der Waals surface area (Å²) in [5, 5.41) is 20.3. The van der Waals surface area contributed by atoms with Gasteiger partial charge in [0.1, 0.15) is 18.4 Å². The number of rotatable bonds is 4. The lowest BCUT2D eigenvalue weighted by molar-refractivity contribution is 0.102. The molecule has 3 aromatic rings.